The summed E-state index contributed by atoms with van der Waals surface area (Å²) in [5, 5.41) is 0. The van der Waals surface area contributed by atoms with Crippen LogP contribution in [0.1, 0.15) is 0 Å². The van der Waals surface area contributed by atoms with E-state index in [2.05, 4.69) is 0 Å². The van der Waals surface area contributed by atoms with E-state index in [4.69, 9.17) is 19.2 Å². The van der Waals surface area contributed by atoms with Crippen molar-refractivity contribution in [1.82, 2.24) is 0 Å². The molecule has 4 N–H and O–H groups in total. The van der Waals surface area contributed by atoms with Gasteiger partial charge in [-0.2, -0.15) is 0 Å². The average molecular weight is 453 g/mol. The fourth-order valence-electron chi connectivity index (χ4n) is 0. The van der Waals surface area contributed by atoms with Gasteiger partial charge in [-0.1, -0.05) is 0 Å². The van der Waals surface area contributed by atoms with Crippen molar-refractivity contribution in [2.24, 2.45) is 0 Å². The summed E-state index contributed by atoms with van der Waals surface area (Å²) in [5.74, 6) is 0. The molecule has 0 amide bonds. The van der Waals surface area contributed by atoms with Crippen LogP contribution in [-0.2, 0) is 49.8 Å². The van der Waals surface area contributed by atoms with Crippen molar-refractivity contribution >= 4 is 64.1 Å². The second-order valence-corrected chi connectivity index (χ2v) is 1.80. The third kappa shape index (κ3) is 76.7. The fraction of sp³-hybridized carbons (Fsp3) is 0. The molecule has 0 saturated heterocycles. The maximum atomic E-state index is 7.33. The number of hydrogen-bond acceptors (Lipinski definition) is 4. The van der Waals surface area contributed by atoms with Gasteiger partial charge in [0.25, 0.3) is 0 Å². The summed E-state index contributed by atoms with van der Waals surface area (Å²) in [4.78, 5) is 29.3. The Balaban J connectivity index is -0.00000000800. The first-order chi connectivity index (χ1) is 2.00. The Hall–Kier alpha value is 4.85. The van der Waals surface area contributed by atoms with Gasteiger partial charge in [0.05, 0.1) is 0 Å². The first kappa shape index (κ1) is 36.4. The van der Waals surface area contributed by atoms with E-state index in [0.717, 1.165) is 0 Å². The van der Waals surface area contributed by atoms with E-state index in [-0.39, 0.29) is 147 Å². The zero-order chi connectivity index (χ0) is 4.50. The molecule has 0 atom stereocenters. The molecule has 0 aromatic heterocycles. The zero-order valence-corrected chi connectivity index (χ0v) is 11.8. The van der Waals surface area contributed by atoms with Gasteiger partial charge in [-0.05, 0) is 0 Å². The molecule has 0 bridgehead atoms. The molecular weight excluding hydrogens is 444 g/mol. The molecular formula is H9AlCaCeFeO4SiY. The number of hydrogen-bond donors (Lipinski definition) is 4. The van der Waals surface area contributed by atoms with Crippen LogP contribution in [0.15, 0.2) is 0 Å². The van der Waals surface area contributed by atoms with E-state index in [9.17, 15) is 0 Å². The zero-order valence-electron chi connectivity index (χ0n) is 3.72. The summed E-state index contributed by atoms with van der Waals surface area (Å²) >= 11 is 0. The van der Waals surface area contributed by atoms with E-state index >= 15 is 0 Å². The van der Waals surface area contributed by atoms with Crippen LogP contribution in [0.4, 0.5) is 0 Å². The molecule has 0 heterocycles. The summed E-state index contributed by atoms with van der Waals surface area (Å²) in [6.07, 6.45) is 0. The van der Waals surface area contributed by atoms with E-state index in [1.807, 2.05) is 0 Å². The topological polar surface area (TPSA) is 80.9 Å². The summed E-state index contributed by atoms with van der Waals surface area (Å²) < 4.78 is 0. The second kappa shape index (κ2) is 19.4. The van der Waals surface area contributed by atoms with E-state index in [0.29, 0.717) is 0 Å². The van der Waals surface area contributed by atoms with Gasteiger partial charge in [0.1, 0.15) is 0 Å². The predicted molar refractivity (Wildman–Crippen MR) is 33.1 cm³/mol. The van der Waals surface area contributed by atoms with Crippen LogP contribution in [0.5, 0.6) is 0 Å². The minimum Gasteiger partial charge on any atom is 0 e. The quantitative estimate of drug-likeness (QED) is 0.278. The Morgan fingerprint density at radius 2 is 0.900 bits per heavy atom. The SMILES string of the molecule is O[Si](O)(O)O.[AlH3].[CaH2].[Ce].[Fe].[Y]. The van der Waals surface area contributed by atoms with E-state index in [1.165, 1.54) is 0 Å². The minimum absolute atomic E-state index is 0. The molecule has 0 aliphatic carbocycles. The van der Waals surface area contributed by atoms with Gasteiger partial charge in [-0.25, -0.2) is 0 Å². The Morgan fingerprint density at radius 3 is 0.900 bits per heavy atom. The molecule has 0 unspecified atom stereocenters. The van der Waals surface area contributed by atoms with Crippen molar-refractivity contribution in [3.8, 4) is 0 Å². The van der Waals surface area contributed by atoms with Crippen LogP contribution < -0.4 is 0 Å². The average Bonchev–Trinajstić information content (AvgIpc) is 0.722. The van der Waals surface area contributed by atoms with E-state index < -0.39 is 9.05 Å². The van der Waals surface area contributed by atoms with E-state index in [1.54, 1.807) is 0 Å². The number of rotatable bonds is 0. The minimum atomic E-state index is -4.61. The van der Waals surface area contributed by atoms with Crippen molar-refractivity contribution < 1.29 is 111 Å². The third-order valence-corrected chi connectivity index (χ3v) is 0. The van der Waals surface area contributed by atoms with Crippen LogP contribution in [0, 0.1) is 41.7 Å². The smallest absolute Gasteiger partial charge is 0 e. The Labute approximate surface area is 170 Å². The normalized spacial score (nSPS) is 6.00. The molecule has 4 nitrogen and oxygen atoms in total. The van der Waals surface area contributed by atoms with Crippen molar-refractivity contribution in [3.63, 3.8) is 0 Å². The molecule has 0 rings (SSSR count). The van der Waals surface area contributed by atoms with Gasteiger partial charge in [0.2, 0.25) is 0 Å². The van der Waals surface area contributed by atoms with Crippen LogP contribution in [-0.4, -0.2) is 83.3 Å². The monoisotopic (exact) mass is 453 g/mol. The predicted octanol–water partition coefficient (Wildman–Crippen LogP) is -4.71. The summed E-state index contributed by atoms with van der Waals surface area (Å²) in [6, 6.07) is 0. The first-order valence-corrected chi connectivity index (χ1v) is 2.68. The first-order valence-electron chi connectivity index (χ1n) is 0.894. The molecule has 1 radical (unpaired) electrons. The fourth-order valence-corrected chi connectivity index (χ4v) is 0. The van der Waals surface area contributed by atoms with Crippen LogP contribution >= 0.6 is 0 Å². The van der Waals surface area contributed by atoms with Gasteiger partial charge in [0, 0.05) is 91.5 Å². The Kier molecular flexibility index (Phi) is 70.7. The van der Waals surface area contributed by atoms with Gasteiger partial charge >= 0.3 is 46.8 Å². The Bertz CT molecular complexity index is 40.7. The Morgan fingerprint density at radius 1 is 0.900 bits per heavy atom. The van der Waals surface area contributed by atoms with Gasteiger partial charge in [-0.15, -0.1) is 0 Å². The van der Waals surface area contributed by atoms with Crippen molar-refractivity contribution in [2.75, 3.05) is 0 Å². The van der Waals surface area contributed by atoms with Crippen molar-refractivity contribution in [3.05, 3.63) is 0 Å². The molecule has 0 spiro atoms. The summed E-state index contributed by atoms with van der Waals surface area (Å²) in [5.41, 5.74) is 0. The third-order valence-electron chi connectivity index (χ3n) is 0. The molecule has 10 heteroatoms. The van der Waals surface area contributed by atoms with Crippen LogP contribution in [0.2, 0.25) is 0 Å². The summed E-state index contributed by atoms with van der Waals surface area (Å²) in [7, 11) is -4.61. The molecule has 0 aliphatic heterocycles. The van der Waals surface area contributed by atoms with Crippen molar-refractivity contribution in [2.45, 2.75) is 0 Å². The maximum Gasteiger partial charge on any atom is 0 e. The van der Waals surface area contributed by atoms with Gasteiger partial charge in [-0.3, -0.25) is 0 Å². The van der Waals surface area contributed by atoms with Gasteiger partial charge in [0.15, 0.2) is 17.4 Å². The second-order valence-electron chi connectivity index (χ2n) is 0.600. The van der Waals surface area contributed by atoms with Crippen LogP contribution in [0.25, 0.3) is 0 Å². The van der Waals surface area contributed by atoms with Gasteiger partial charge < -0.3 is 19.2 Å². The molecule has 0 fully saturated rings. The maximum absolute atomic E-state index is 7.33. The summed E-state index contributed by atoms with van der Waals surface area (Å²) in [6.45, 7) is 0. The standard InChI is InChI=1S/Al.Ca.Ce.Fe.H4O4Si.Y.5H/c;;;;1-5(2,3)4;;;;;;/h;;;;1-4H;;;;;;. The molecule has 57 valence electrons. The van der Waals surface area contributed by atoms with Crippen LogP contribution in [0.3, 0.4) is 0 Å². The molecule has 0 aromatic carbocycles. The van der Waals surface area contributed by atoms with Crippen molar-refractivity contribution in [1.29, 1.82) is 0 Å². The molecule has 10 heavy (non-hydrogen) atoms. The molecule has 0 aliphatic rings. The largest absolute Gasteiger partial charge is 0 e. The molecule has 0 aromatic rings. The molecule has 0 saturated carbocycles.